The van der Waals surface area contributed by atoms with Crippen molar-refractivity contribution in [2.24, 2.45) is 0 Å². The van der Waals surface area contributed by atoms with E-state index in [9.17, 15) is 0 Å². The summed E-state index contributed by atoms with van der Waals surface area (Å²) in [5.41, 5.74) is 8.47. The summed E-state index contributed by atoms with van der Waals surface area (Å²) in [6.45, 7) is 0. The molecule has 0 spiro atoms. The number of nitrogens with zero attached hydrogens (tertiary/aromatic N) is 5. The second-order valence-corrected chi connectivity index (χ2v) is 12.1. The Labute approximate surface area is 280 Å². The third-order valence-corrected chi connectivity index (χ3v) is 9.32. The van der Waals surface area contributed by atoms with Crippen molar-refractivity contribution in [1.82, 2.24) is 24.9 Å². The monoisotopic (exact) mass is 627 g/mol. The zero-order valence-corrected chi connectivity index (χ0v) is 26.1. The van der Waals surface area contributed by atoms with E-state index < -0.39 is 0 Å². The van der Waals surface area contributed by atoms with E-state index in [2.05, 4.69) is 89.9 Å². The Morgan fingerprint density at radius 1 is 0.469 bits per heavy atom. The van der Waals surface area contributed by atoms with Gasteiger partial charge in [-0.25, -0.2) is 4.98 Å². The first-order chi connectivity index (χ1) is 24.3. The molecule has 10 rings (SSSR count). The summed E-state index contributed by atoms with van der Waals surface area (Å²) >= 11 is 0. The highest BCUT2D eigenvalue weighted by Crippen LogP contribution is 2.47. The summed E-state index contributed by atoms with van der Waals surface area (Å²) in [7, 11) is 0. The predicted octanol–water partition coefficient (Wildman–Crippen LogP) is 10.7. The number of rotatable bonds is 4. The maximum Gasteiger partial charge on any atom is 0.229 e. The third kappa shape index (κ3) is 4.38. The van der Waals surface area contributed by atoms with Gasteiger partial charge >= 0.3 is 0 Å². The highest BCUT2D eigenvalue weighted by Gasteiger charge is 2.26. The van der Waals surface area contributed by atoms with E-state index in [1.165, 1.54) is 0 Å². The average Bonchev–Trinajstić information content (AvgIpc) is 3.60. The largest absolute Gasteiger partial charge is 0.436 e. The van der Waals surface area contributed by atoms with Gasteiger partial charge in [0.1, 0.15) is 5.52 Å². The van der Waals surface area contributed by atoms with Crippen LogP contribution in [0.2, 0.25) is 0 Å². The standard InChI is InChI=1S/C43H25N5O/c1-2-11-28-24-47-37(21-27(28)10-1)40-39(41-31-14-6-3-9-26(31)17-19-46-41)34(32-18-20-45-36-16-8-7-15-33(32)36)22-38-42(40)48-43(49-38)35-25-44-23-29-12-4-5-13-30(29)35/h1-25H. The number of pyridine rings is 4. The van der Waals surface area contributed by atoms with E-state index >= 15 is 0 Å². The van der Waals surface area contributed by atoms with E-state index in [0.29, 0.717) is 17.0 Å². The molecule has 0 saturated carbocycles. The van der Waals surface area contributed by atoms with Gasteiger partial charge < -0.3 is 4.42 Å². The SMILES string of the molecule is c1ccc2cc(-c3c(-c4nccc5ccccc45)c(-c4ccnc5ccccc45)cc4oc(-c5cncc6ccccc56)nc34)ncc2c1. The molecule has 0 fully saturated rings. The maximum atomic E-state index is 6.75. The molecule has 0 unspecified atom stereocenters. The van der Waals surface area contributed by atoms with Crippen LogP contribution in [0, 0.1) is 0 Å². The molecule has 0 saturated heterocycles. The summed E-state index contributed by atoms with van der Waals surface area (Å²) in [6, 6.07) is 41.4. The normalized spacial score (nSPS) is 11.7. The quantitative estimate of drug-likeness (QED) is 0.193. The molecule has 0 bridgehead atoms. The van der Waals surface area contributed by atoms with E-state index in [1.807, 2.05) is 67.4 Å². The van der Waals surface area contributed by atoms with Crippen molar-refractivity contribution >= 4 is 54.3 Å². The summed E-state index contributed by atoms with van der Waals surface area (Å²) in [4.78, 5) is 24.7. The van der Waals surface area contributed by atoms with Gasteiger partial charge in [0.25, 0.3) is 0 Å². The zero-order chi connectivity index (χ0) is 32.3. The van der Waals surface area contributed by atoms with Crippen LogP contribution in [-0.4, -0.2) is 24.9 Å². The van der Waals surface area contributed by atoms with Gasteiger partial charge in [0.05, 0.1) is 22.5 Å². The first kappa shape index (κ1) is 27.3. The molecule has 5 aromatic heterocycles. The molecule has 0 aliphatic carbocycles. The number of fused-ring (bicyclic) bond motifs is 5. The number of benzene rings is 5. The van der Waals surface area contributed by atoms with Crippen molar-refractivity contribution in [3.8, 4) is 45.1 Å². The minimum absolute atomic E-state index is 0.495. The minimum Gasteiger partial charge on any atom is -0.436 e. The molecule has 0 aliphatic rings. The van der Waals surface area contributed by atoms with Crippen LogP contribution in [0.4, 0.5) is 0 Å². The van der Waals surface area contributed by atoms with Crippen molar-refractivity contribution < 1.29 is 4.42 Å². The lowest BCUT2D eigenvalue weighted by atomic mass is 9.87. The van der Waals surface area contributed by atoms with Crippen molar-refractivity contribution in [1.29, 1.82) is 0 Å². The van der Waals surface area contributed by atoms with Gasteiger partial charge in [-0.05, 0) is 57.6 Å². The molecule has 0 atom stereocenters. The lowest BCUT2D eigenvalue weighted by molar-refractivity contribution is 0.620. The zero-order valence-electron chi connectivity index (χ0n) is 26.1. The highest BCUT2D eigenvalue weighted by atomic mass is 16.3. The fourth-order valence-electron chi connectivity index (χ4n) is 7.04. The third-order valence-electron chi connectivity index (χ3n) is 9.32. The molecule has 6 heteroatoms. The first-order valence-electron chi connectivity index (χ1n) is 16.1. The molecule has 5 aromatic carbocycles. The highest BCUT2D eigenvalue weighted by molar-refractivity contribution is 6.13. The molecular weight excluding hydrogens is 603 g/mol. The van der Waals surface area contributed by atoms with Gasteiger partial charge in [-0.2, -0.15) is 0 Å². The van der Waals surface area contributed by atoms with Gasteiger partial charge in [0, 0.05) is 63.7 Å². The molecule has 6 nitrogen and oxygen atoms in total. The van der Waals surface area contributed by atoms with Crippen LogP contribution < -0.4 is 0 Å². The number of oxazole rings is 1. The number of para-hydroxylation sites is 1. The second kappa shape index (κ2) is 10.9. The van der Waals surface area contributed by atoms with Crippen molar-refractivity contribution in [3.63, 3.8) is 0 Å². The molecule has 0 amide bonds. The Hall–Kier alpha value is -6.79. The van der Waals surface area contributed by atoms with Gasteiger partial charge in [-0.15, -0.1) is 0 Å². The molecule has 228 valence electrons. The van der Waals surface area contributed by atoms with Crippen molar-refractivity contribution in [3.05, 3.63) is 152 Å². The Morgan fingerprint density at radius 2 is 1.20 bits per heavy atom. The van der Waals surface area contributed by atoms with Crippen LogP contribution in [0.1, 0.15) is 0 Å². The van der Waals surface area contributed by atoms with Crippen molar-refractivity contribution in [2.45, 2.75) is 0 Å². The van der Waals surface area contributed by atoms with Gasteiger partial charge in [-0.1, -0.05) is 91.0 Å². The van der Waals surface area contributed by atoms with E-state index in [0.717, 1.165) is 82.4 Å². The molecule has 49 heavy (non-hydrogen) atoms. The molecule has 0 N–H and O–H groups in total. The Kier molecular flexibility index (Phi) is 6.08. The lowest BCUT2D eigenvalue weighted by Gasteiger charge is -2.18. The van der Waals surface area contributed by atoms with Crippen LogP contribution in [0.3, 0.4) is 0 Å². The average molecular weight is 628 g/mol. The molecule has 5 heterocycles. The van der Waals surface area contributed by atoms with Gasteiger partial charge in [0.2, 0.25) is 5.89 Å². The van der Waals surface area contributed by atoms with Crippen LogP contribution in [0.25, 0.3) is 99.4 Å². The lowest BCUT2D eigenvalue weighted by Crippen LogP contribution is -1.97. The van der Waals surface area contributed by atoms with Crippen LogP contribution in [-0.2, 0) is 0 Å². The Morgan fingerprint density at radius 3 is 2.10 bits per heavy atom. The van der Waals surface area contributed by atoms with Crippen molar-refractivity contribution in [2.75, 3.05) is 0 Å². The minimum atomic E-state index is 0.495. The van der Waals surface area contributed by atoms with Crippen LogP contribution >= 0.6 is 0 Å². The smallest absolute Gasteiger partial charge is 0.229 e. The summed E-state index contributed by atoms with van der Waals surface area (Å²) in [6.07, 6.45) is 9.36. The predicted molar refractivity (Wildman–Crippen MR) is 197 cm³/mol. The summed E-state index contributed by atoms with van der Waals surface area (Å²) in [5, 5.41) is 7.34. The van der Waals surface area contributed by atoms with E-state index in [-0.39, 0.29) is 0 Å². The number of hydrogen-bond donors (Lipinski definition) is 0. The summed E-state index contributed by atoms with van der Waals surface area (Å²) in [5.74, 6) is 0.495. The first-order valence-corrected chi connectivity index (χ1v) is 16.1. The van der Waals surface area contributed by atoms with Gasteiger partial charge in [0.15, 0.2) is 5.58 Å². The number of hydrogen-bond acceptors (Lipinski definition) is 6. The van der Waals surface area contributed by atoms with Crippen LogP contribution in [0.15, 0.2) is 157 Å². The fraction of sp³-hybridized carbons (Fsp3) is 0. The van der Waals surface area contributed by atoms with Gasteiger partial charge in [-0.3, -0.25) is 19.9 Å². The second-order valence-electron chi connectivity index (χ2n) is 12.1. The van der Waals surface area contributed by atoms with E-state index in [1.54, 1.807) is 0 Å². The molecule has 0 radical (unpaired) electrons. The number of aromatic nitrogens is 5. The van der Waals surface area contributed by atoms with Crippen LogP contribution in [0.5, 0.6) is 0 Å². The molecule has 10 aromatic rings. The fourth-order valence-corrected chi connectivity index (χ4v) is 7.04. The molecular formula is C43H25N5O. The Balaban J connectivity index is 1.40. The summed E-state index contributed by atoms with van der Waals surface area (Å²) < 4.78 is 6.75. The van der Waals surface area contributed by atoms with E-state index in [4.69, 9.17) is 24.4 Å². The molecule has 0 aliphatic heterocycles. The Bertz CT molecular complexity index is 2900. The maximum absolute atomic E-state index is 6.75. The topological polar surface area (TPSA) is 77.6 Å².